The van der Waals surface area contributed by atoms with Gasteiger partial charge in [-0.05, 0) is 26.2 Å². The van der Waals surface area contributed by atoms with Crippen LogP contribution in [0.3, 0.4) is 0 Å². The van der Waals surface area contributed by atoms with E-state index < -0.39 is 0 Å². The lowest BCUT2D eigenvalue weighted by atomic mass is 9.95. The van der Waals surface area contributed by atoms with Gasteiger partial charge in [-0.2, -0.15) is 0 Å². The van der Waals surface area contributed by atoms with E-state index in [0.29, 0.717) is 25.9 Å². The maximum Gasteiger partial charge on any atom is 0.248 e. The third kappa shape index (κ3) is 4.54. The van der Waals surface area contributed by atoms with Crippen LogP contribution in [0, 0.1) is 12.8 Å². The lowest BCUT2D eigenvalue weighted by Gasteiger charge is -2.31. The van der Waals surface area contributed by atoms with Crippen molar-refractivity contribution >= 4 is 11.8 Å². The minimum Gasteiger partial charge on any atom is -0.375 e. The molecule has 0 saturated carbocycles. The van der Waals surface area contributed by atoms with Crippen molar-refractivity contribution in [2.24, 2.45) is 5.92 Å². The molecule has 7 nitrogen and oxygen atoms in total. The quantitative estimate of drug-likeness (QED) is 0.823. The number of nitrogens with zero attached hydrogens (tertiary/aromatic N) is 2. The zero-order valence-electron chi connectivity index (χ0n) is 14.1. The van der Waals surface area contributed by atoms with Crippen molar-refractivity contribution < 1.29 is 14.3 Å². The molecule has 1 aliphatic rings. The number of hydrogen-bond donors (Lipinski definition) is 2. The third-order valence-electron chi connectivity index (χ3n) is 4.26. The van der Waals surface area contributed by atoms with Gasteiger partial charge in [-0.15, -0.1) is 0 Å². The summed E-state index contributed by atoms with van der Waals surface area (Å²) in [6, 6.07) is -0.0932. The van der Waals surface area contributed by atoms with Crippen LogP contribution in [0.15, 0.2) is 6.20 Å². The number of methoxy groups -OCH3 is 1. The van der Waals surface area contributed by atoms with E-state index >= 15 is 0 Å². The van der Waals surface area contributed by atoms with Gasteiger partial charge in [0.15, 0.2) is 0 Å². The van der Waals surface area contributed by atoms with Gasteiger partial charge >= 0.3 is 0 Å². The van der Waals surface area contributed by atoms with E-state index in [4.69, 9.17) is 4.74 Å². The molecule has 0 aliphatic carbocycles. The van der Waals surface area contributed by atoms with Crippen LogP contribution in [-0.2, 0) is 14.3 Å². The predicted molar refractivity (Wildman–Crippen MR) is 85.7 cm³/mol. The number of carbonyl (C=O) groups is 2. The number of hydrogen-bond acceptors (Lipinski definition) is 4. The molecular weight excluding hydrogens is 296 g/mol. The molecule has 7 heteroatoms. The van der Waals surface area contributed by atoms with Crippen LogP contribution in [-0.4, -0.2) is 53.5 Å². The van der Waals surface area contributed by atoms with Gasteiger partial charge in [0.2, 0.25) is 11.8 Å². The fourth-order valence-corrected chi connectivity index (χ4v) is 2.87. The van der Waals surface area contributed by atoms with Crippen molar-refractivity contribution in [3.05, 3.63) is 17.7 Å². The van der Waals surface area contributed by atoms with E-state index in [-0.39, 0.29) is 30.4 Å². The van der Waals surface area contributed by atoms with Crippen LogP contribution in [0.4, 0.5) is 0 Å². The van der Waals surface area contributed by atoms with Crippen LogP contribution in [0.25, 0.3) is 0 Å². The number of rotatable bonds is 6. The summed E-state index contributed by atoms with van der Waals surface area (Å²) in [4.78, 5) is 33.5. The van der Waals surface area contributed by atoms with E-state index in [1.54, 1.807) is 11.1 Å². The summed E-state index contributed by atoms with van der Waals surface area (Å²) in [5.41, 5.74) is 0.984. The van der Waals surface area contributed by atoms with E-state index in [2.05, 4.69) is 15.3 Å². The van der Waals surface area contributed by atoms with Crippen molar-refractivity contribution in [1.82, 2.24) is 20.2 Å². The Labute approximate surface area is 136 Å². The van der Waals surface area contributed by atoms with Crippen LogP contribution >= 0.6 is 0 Å². The van der Waals surface area contributed by atoms with Gasteiger partial charge in [0.25, 0.3) is 0 Å². The molecular formula is C16H26N4O3. The Bertz CT molecular complexity index is 535. The van der Waals surface area contributed by atoms with Crippen LogP contribution in [0.1, 0.15) is 43.7 Å². The molecule has 1 aromatic heterocycles. The molecule has 0 aromatic carbocycles. The summed E-state index contributed by atoms with van der Waals surface area (Å²) in [6.45, 7) is 5.28. The third-order valence-corrected chi connectivity index (χ3v) is 4.26. The maximum absolute atomic E-state index is 12.5. The second kappa shape index (κ2) is 8.10. The number of ether oxygens (including phenoxy) is 1. The number of aryl methyl sites for hydroxylation is 1. The highest BCUT2D eigenvalue weighted by molar-refractivity contribution is 5.80. The van der Waals surface area contributed by atoms with Gasteiger partial charge in [-0.3, -0.25) is 9.59 Å². The number of likely N-dealkylation sites (tertiary alicyclic amines) is 1. The van der Waals surface area contributed by atoms with Crippen molar-refractivity contribution in [2.45, 2.75) is 39.2 Å². The molecule has 1 atom stereocenters. The zero-order chi connectivity index (χ0) is 16.8. The lowest BCUT2D eigenvalue weighted by molar-refractivity contribution is -0.138. The van der Waals surface area contributed by atoms with Crippen LogP contribution < -0.4 is 5.32 Å². The van der Waals surface area contributed by atoms with E-state index in [9.17, 15) is 9.59 Å². The summed E-state index contributed by atoms with van der Waals surface area (Å²) in [5, 5.41) is 3.07. The minimum absolute atomic E-state index is 0.0103. The number of aromatic nitrogens is 2. The highest BCUT2D eigenvalue weighted by atomic mass is 16.5. The zero-order valence-corrected chi connectivity index (χ0v) is 14.1. The smallest absolute Gasteiger partial charge is 0.248 e. The minimum atomic E-state index is -0.0932. The second-order valence-electron chi connectivity index (χ2n) is 6.01. The Kier molecular flexibility index (Phi) is 6.15. The van der Waals surface area contributed by atoms with Crippen molar-refractivity contribution in [2.75, 3.05) is 26.8 Å². The highest BCUT2D eigenvalue weighted by Crippen LogP contribution is 2.20. The summed E-state index contributed by atoms with van der Waals surface area (Å²) in [5.74, 6) is 0.784. The van der Waals surface area contributed by atoms with Crippen LogP contribution in [0.2, 0.25) is 0 Å². The number of nitrogens with one attached hydrogen (secondary N) is 2. The molecule has 0 unspecified atom stereocenters. The average molecular weight is 322 g/mol. The molecule has 1 fully saturated rings. The number of imidazole rings is 1. The first-order valence-electron chi connectivity index (χ1n) is 8.13. The highest BCUT2D eigenvalue weighted by Gasteiger charge is 2.28. The van der Waals surface area contributed by atoms with Gasteiger partial charge in [0.1, 0.15) is 12.4 Å². The molecule has 0 bridgehead atoms. The number of carbonyl (C=O) groups excluding carboxylic acids is 2. The SMILES string of the molecule is CC[C@H](NC(=O)C1CCN(C(=O)COC)CC1)c1ncc(C)[nH]1. The predicted octanol–water partition coefficient (Wildman–Crippen LogP) is 1.17. The largest absolute Gasteiger partial charge is 0.375 e. The Morgan fingerprint density at radius 1 is 1.48 bits per heavy atom. The van der Waals surface area contributed by atoms with Crippen LogP contribution in [0.5, 0.6) is 0 Å². The van der Waals surface area contributed by atoms with Crippen molar-refractivity contribution in [3.63, 3.8) is 0 Å². The first-order valence-corrected chi connectivity index (χ1v) is 8.13. The van der Waals surface area contributed by atoms with Gasteiger partial charge < -0.3 is 19.9 Å². The molecule has 1 aliphatic heterocycles. The van der Waals surface area contributed by atoms with Crippen molar-refractivity contribution in [3.8, 4) is 0 Å². The standard InChI is InChI=1S/C16H26N4O3/c1-4-13(15-17-9-11(2)18-15)19-16(22)12-5-7-20(8-6-12)14(21)10-23-3/h9,12-13H,4-8,10H2,1-3H3,(H,17,18)(H,19,22)/t13-/m0/s1. The topological polar surface area (TPSA) is 87.3 Å². The number of H-pyrrole nitrogens is 1. The van der Waals surface area contributed by atoms with E-state index in [1.807, 2.05) is 13.8 Å². The fraction of sp³-hybridized carbons (Fsp3) is 0.688. The molecule has 2 amide bonds. The van der Waals surface area contributed by atoms with E-state index in [1.165, 1.54) is 7.11 Å². The first-order chi connectivity index (χ1) is 11.0. The lowest BCUT2D eigenvalue weighted by Crippen LogP contribution is -2.44. The molecule has 23 heavy (non-hydrogen) atoms. The average Bonchev–Trinajstić information content (AvgIpc) is 2.99. The second-order valence-corrected chi connectivity index (χ2v) is 6.01. The number of aromatic amines is 1. The molecule has 0 spiro atoms. The molecule has 2 N–H and O–H groups in total. The summed E-state index contributed by atoms with van der Waals surface area (Å²) < 4.78 is 4.87. The van der Waals surface area contributed by atoms with Gasteiger partial charge in [0.05, 0.1) is 6.04 Å². The Morgan fingerprint density at radius 2 is 2.17 bits per heavy atom. The first kappa shape index (κ1) is 17.5. The summed E-state index contributed by atoms with van der Waals surface area (Å²) >= 11 is 0. The Balaban J connectivity index is 1.86. The summed E-state index contributed by atoms with van der Waals surface area (Å²) in [6.07, 6.45) is 3.93. The van der Waals surface area contributed by atoms with Crippen molar-refractivity contribution in [1.29, 1.82) is 0 Å². The molecule has 2 rings (SSSR count). The van der Waals surface area contributed by atoms with Gasteiger partial charge in [-0.25, -0.2) is 4.98 Å². The maximum atomic E-state index is 12.5. The Morgan fingerprint density at radius 3 is 2.70 bits per heavy atom. The van der Waals surface area contributed by atoms with E-state index in [0.717, 1.165) is 17.9 Å². The fourth-order valence-electron chi connectivity index (χ4n) is 2.87. The molecule has 1 saturated heterocycles. The monoisotopic (exact) mass is 322 g/mol. The molecule has 2 heterocycles. The number of amides is 2. The molecule has 0 radical (unpaired) electrons. The number of piperidine rings is 1. The normalized spacial score (nSPS) is 17.1. The summed E-state index contributed by atoms with van der Waals surface area (Å²) in [7, 11) is 1.51. The Hall–Kier alpha value is -1.89. The molecule has 128 valence electrons. The van der Waals surface area contributed by atoms with Gasteiger partial charge in [0, 0.05) is 38.0 Å². The molecule has 1 aromatic rings. The van der Waals surface area contributed by atoms with Gasteiger partial charge in [-0.1, -0.05) is 6.92 Å².